The normalized spacial score (nSPS) is 12.8. The maximum absolute atomic E-state index is 10.0. The molecule has 0 saturated carbocycles. The number of nitrogens with one attached hydrogen (secondary N) is 1. The molecular weight excluding hydrogens is 455 g/mol. The van der Waals surface area contributed by atoms with Crippen LogP contribution in [0.3, 0.4) is 0 Å². The fraction of sp³-hybridized carbons (Fsp3) is 0.970. The van der Waals surface area contributed by atoms with Crippen molar-refractivity contribution in [3.8, 4) is 6.19 Å². The Morgan fingerprint density at radius 1 is 0.389 bits per heavy atom. The van der Waals surface area contributed by atoms with Crippen LogP contribution in [-0.4, -0.2) is 24.6 Å². The minimum absolute atomic E-state index is 1.30. The SMILES string of the molecule is CCCCCCCCCCCCCCP(CCCCCC)(CCCCCC)(CCCCCC)NC#N. The Bertz CT molecular complexity index is 464. The van der Waals surface area contributed by atoms with Gasteiger partial charge in [-0.1, -0.05) is 13.3 Å². The fourth-order valence-electron chi connectivity index (χ4n) is 6.26. The van der Waals surface area contributed by atoms with Gasteiger partial charge in [-0.05, 0) is 0 Å². The van der Waals surface area contributed by atoms with Crippen LogP contribution >= 0.6 is 6.75 Å². The molecule has 0 saturated heterocycles. The molecule has 0 amide bonds. The molecule has 0 aromatic rings. The van der Waals surface area contributed by atoms with Crippen LogP contribution in [0.2, 0.25) is 0 Å². The molecule has 2 nitrogen and oxygen atoms in total. The quantitative estimate of drug-likeness (QED) is 0.0457. The van der Waals surface area contributed by atoms with E-state index in [1.54, 1.807) is 0 Å². The van der Waals surface area contributed by atoms with Crippen LogP contribution in [0.5, 0.6) is 0 Å². The minimum atomic E-state index is -2.20. The summed E-state index contributed by atoms with van der Waals surface area (Å²) in [4.78, 5) is 0. The first kappa shape index (κ1) is 35.7. The van der Waals surface area contributed by atoms with Crippen LogP contribution in [0, 0.1) is 11.5 Å². The molecule has 0 bridgehead atoms. The van der Waals surface area contributed by atoms with E-state index in [0.29, 0.717) is 0 Å². The second kappa shape index (κ2) is 25.0. The first-order chi connectivity index (χ1) is 17.6. The first-order valence-corrected chi connectivity index (χ1v) is 19.8. The van der Waals surface area contributed by atoms with Gasteiger partial charge in [0.25, 0.3) is 0 Å². The zero-order chi connectivity index (χ0) is 26.7. The zero-order valence-electron chi connectivity index (χ0n) is 25.7. The third kappa shape index (κ3) is 18.1. The Hall–Kier alpha value is -0.280. The van der Waals surface area contributed by atoms with Crippen molar-refractivity contribution in [3.63, 3.8) is 0 Å². The van der Waals surface area contributed by atoms with Crippen LogP contribution in [0.4, 0.5) is 0 Å². The maximum atomic E-state index is 10.0. The van der Waals surface area contributed by atoms with Crippen LogP contribution in [0.1, 0.15) is 182 Å². The van der Waals surface area contributed by atoms with Crippen LogP contribution in [0.15, 0.2) is 0 Å². The molecule has 0 aliphatic heterocycles. The Balaban J connectivity index is 4.93. The number of rotatable bonds is 29. The summed E-state index contributed by atoms with van der Waals surface area (Å²) in [6, 6.07) is 0. The topological polar surface area (TPSA) is 35.8 Å². The van der Waals surface area contributed by atoms with Gasteiger partial charge in [-0.15, -0.1) is 0 Å². The first-order valence-electron chi connectivity index (χ1n) is 16.8. The van der Waals surface area contributed by atoms with Gasteiger partial charge in [0.1, 0.15) is 0 Å². The van der Waals surface area contributed by atoms with E-state index in [2.05, 4.69) is 39.0 Å². The summed E-state index contributed by atoms with van der Waals surface area (Å²) in [6.45, 7) is 7.04. The van der Waals surface area contributed by atoms with Gasteiger partial charge < -0.3 is 0 Å². The predicted octanol–water partition coefficient (Wildman–Crippen LogP) is 12.0. The number of nitrogens with zero attached hydrogens (tertiary/aromatic N) is 1. The summed E-state index contributed by atoms with van der Waals surface area (Å²) < 4.78 is 0. The molecule has 0 aliphatic rings. The van der Waals surface area contributed by atoms with Crippen molar-refractivity contribution >= 4 is 6.75 Å². The average molecular weight is 525 g/mol. The van der Waals surface area contributed by atoms with E-state index in [4.69, 9.17) is 0 Å². The zero-order valence-corrected chi connectivity index (χ0v) is 26.6. The van der Waals surface area contributed by atoms with Gasteiger partial charge in [0, 0.05) is 0 Å². The fourth-order valence-corrected chi connectivity index (χ4v) is 12.5. The Morgan fingerprint density at radius 3 is 0.861 bits per heavy atom. The second-order valence-corrected chi connectivity index (χ2v) is 18.1. The Morgan fingerprint density at radius 2 is 0.611 bits per heavy atom. The Labute approximate surface area is 229 Å². The molecule has 0 unspecified atom stereocenters. The summed E-state index contributed by atoms with van der Waals surface area (Å²) >= 11 is 0. The molecule has 216 valence electrons. The summed E-state index contributed by atoms with van der Waals surface area (Å²) in [5.74, 6) is 0. The summed E-state index contributed by atoms with van der Waals surface area (Å²) in [5, 5.41) is 13.8. The van der Waals surface area contributed by atoms with E-state index in [1.165, 1.54) is 179 Å². The van der Waals surface area contributed by atoms with Gasteiger partial charge >= 0.3 is 216 Å². The standard InChI is InChI=1S/C33H69N2P/c1-5-9-13-17-18-19-20-21-22-23-24-28-32-36(35-33-34,29-25-14-10-6-2,30-26-15-11-7-3)31-27-16-12-8-4/h35H,5-32H2,1-4H3. The molecular formula is C33H69N2P. The molecule has 1 N–H and O–H groups in total. The van der Waals surface area contributed by atoms with Crippen molar-refractivity contribution in [2.75, 3.05) is 24.6 Å². The van der Waals surface area contributed by atoms with Crippen molar-refractivity contribution < 1.29 is 0 Å². The Kier molecular flexibility index (Phi) is 24.8. The molecule has 36 heavy (non-hydrogen) atoms. The van der Waals surface area contributed by atoms with Crippen molar-refractivity contribution in [2.24, 2.45) is 0 Å². The van der Waals surface area contributed by atoms with Gasteiger partial charge in [-0.25, -0.2) is 0 Å². The third-order valence-electron chi connectivity index (χ3n) is 8.76. The van der Waals surface area contributed by atoms with E-state index >= 15 is 0 Å². The summed E-state index contributed by atoms with van der Waals surface area (Å²) in [5.41, 5.74) is 0. The molecule has 0 fully saturated rings. The van der Waals surface area contributed by atoms with E-state index in [9.17, 15) is 5.26 Å². The number of hydrogen-bond donors (Lipinski definition) is 1. The monoisotopic (exact) mass is 525 g/mol. The number of hydrogen-bond acceptors (Lipinski definition) is 2. The van der Waals surface area contributed by atoms with Crippen molar-refractivity contribution in [1.82, 2.24) is 5.09 Å². The van der Waals surface area contributed by atoms with Crippen molar-refractivity contribution in [2.45, 2.75) is 182 Å². The summed E-state index contributed by atoms with van der Waals surface area (Å²) in [6.07, 6.45) is 40.8. The molecule has 0 rings (SSSR count). The molecule has 0 aromatic carbocycles. The van der Waals surface area contributed by atoms with Gasteiger partial charge in [-0.3, -0.25) is 0 Å². The number of unbranched alkanes of at least 4 members (excludes halogenated alkanes) is 20. The average Bonchev–Trinajstić information content (AvgIpc) is 2.88. The van der Waals surface area contributed by atoms with E-state index < -0.39 is 6.75 Å². The molecule has 0 aliphatic carbocycles. The molecule has 0 spiro atoms. The van der Waals surface area contributed by atoms with Crippen LogP contribution in [0.25, 0.3) is 0 Å². The molecule has 0 radical (unpaired) electrons. The van der Waals surface area contributed by atoms with E-state index in [1.807, 2.05) is 0 Å². The van der Waals surface area contributed by atoms with Gasteiger partial charge in [0.05, 0.1) is 0 Å². The molecule has 0 heterocycles. The van der Waals surface area contributed by atoms with Gasteiger partial charge in [0.15, 0.2) is 0 Å². The molecule has 0 aromatic heterocycles. The third-order valence-corrected chi connectivity index (χ3v) is 15.4. The van der Waals surface area contributed by atoms with Crippen molar-refractivity contribution in [3.05, 3.63) is 0 Å². The predicted molar refractivity (Wildman–Crippen MR) is 169 cm³/mol. The van der Waals surface area contributed by atoms with Crippen LogP contribution < -0.4 is 5.09 Å². The van der Waals surface area contributed by atoms with Gasteiger partial charge in [0.2, 0.25) is 0 Å². The van der Waals surface area contributed by atoms with Gasteiger partial charge in [-0.2, -0.15) is 0 Å². The summed E-state index contributed by atoms with van der Waals surface area (Å²) in [7, 11) is 0. The van der Waals surface area contributed by atoms with E-state index in [0.717, 1.165) is 0 Å². The number of nitriles is 1. The van der Waals surface area contributed by atoms with E-state index in [-0.39, 0.29) is 0 Å². The molecule has 3 heteroatoms. The molecule has 0 atom stereocenters. The van der Waals surface area contributed by atoms with Crippen molar-refractivity contribution in [1.29, 1.82) is 5.26 Å². The second-order valence-electron chi connectivity index (χ2n) is 12.2. The van der Waals surface area contributed by atoms with Crippen LogP contribution in [-0.2, 0) is 0 Å².